The number of anilines is 4. The Morgan fingerprint density at radius 3 is 1.85 bits per heavy atom. The smallest absolute Gasteiger partial charge is 0.308 e. The fourth-order valence-corrected chi connectivity index (χ4v) is 2.92. The zero-order valence-corrected chi connectivity index (χ0v) is 18.2. The number of aromatic nitrogens is 2. The molecule has 1 heterocycles. The molecular formula is C24H22N8O2. The van der Waals surface area contributed by atoms with Gasteiger partial charge >= 0.3 is 12.1 Å². The van der Waals surface area contributed by atoms with Crippen LogP contribution in [-0.4, -0.2) is 22.3 Å². The zero-order valence-electron chi connectivity index (χ0n) is 18.2. The van der Waals surface area contributed by atoms with Crippen LogP contribution >= 0.6 is 0 Å². The van der Waals surface area contributed by atoms with Gasteiger partial charge in [-0.15, -0.1) is 5.11 Å². The Kier molecular flexibility index (Phi) is 6.89. The molecule has 0 spiro atoms. The van der Waals surface area contributed by atoms with E-state index < -0.39 is 12.1 Å². The number of nitrogens with one attached hydrogen (secondary N) is 5. The molecule has 10 heteroatoms. The summed E-state index contributed by atoms with van der Waals surface area (Å²) in [5.74, 6) is 0.263. The number of hydrogen-bond acceptors (Lipinski definition) is 5. The highest BCUT2D eigenvalue weighted by Crippen LogP contribution is 2.33. The minimum absolute atomic E-state index is 0.0966. The van der Waals surface area contributed by atoms with Crippen molar-refractivity contribution >= 4 is 46.4 Å². The third-order valence-corrected chi connectivity index (χ3v) is 4.57. The zero-order chi connectivity index (χ0) is 23.8. The Hall–Kier alpha value is -4.99. The summed E-state index contributed by atoms with van der Waals surface area (Å²) < 4.78 is 0. The van der Waals surface area contributed by atoms with Gasteiger partial charge in [0, 0.05) is 11.4 Å². The Labute approximate surface area is 195 Å². The number of nitrogens with zero attached hydrogens (tertiary/aromatic N) is 3. The predicted octanol–water partition coefficient (Wildman–Crippen LogP) is 6.42. The molecule has 4 aromatic rings. The van der Waals surface area contributed by atoms with Gasteiger partial charge in [-0.25, -0.2) is 9.59 Å². The van der Waals surface area contributed by atoms with Gasteiger partial charge in [0.25, 0.3) is 0 Å². The molecule has 0 atom stereocenters. The van der Waals surface area contributed by atoms with Gasteiger partial charge in [0.05, 0.1) is 5.69 Å². The van der Waals surface area contributed by atoms with Crippen LogP contribution in [0.15, 0.2) is 95.2 Å². The lowest BCUT2D eigenvalue weighted by Gasteiger charge is -2.07. The molecule has 3 aromatic carbocycles. The Morgan fingerprint density at radius 1 is 0.706 bits per heavy atom. The van der Waals surface area contributed by atoms with E-state index in [2.05, 4.69) is 41.7 Å². The maximum Gasteiger partial charge on any atom is 0.324 e. The highest BCUT2D eigenvalue weighted by atomic mass is 16.2. The quantitative estimate of drug-likeness (QED) is 0.215. The lowest BCUT2D eigenvalue weighted by atomic mass is 10.2. The molecule has 10 nitrogen and oxygen atoms in total. The van der Waals surface area contributed by atoms with Crippen molar-refractivity contribution in [3.8, 4) is 0 Å². The molecule has 4 amide bonds. The van der Waals surface area contributed by atoms with E-state index in [1.165, 1.54) is 0 Å². The summed E-state index contributed by atoms with van der Waals surface area (Å²) >= 11 is 0. The van der Waals surface area contributed by atoms with Crippen LogP contribution in [0.25, 0.3) is 0 Å². The van der Waals surface area contributed by atoms with Crippen LogP contribution in [0.4, 0.5) is 44.0 Å². The number of azo groups is 1. The molecule has 0 unspecified atom stereocenters. The summed E-state index contributed by atoms with van der Waals surface area (Å²) in [5.41, 5.74) is 3.07. The van der Waals surface area contributed by atoms with Crippen molar-refractivity contribution in [2.24, 2.45) is 10.2 Å². The normalized spacial score (nSPS) is 10.6. The van der Waals surface area contributed by atoms with E-state index >= 15 is 0 Å². The molecule has 4 rings (SSSR count). The van der Waals surface area contributed by atoms with Crippen LogP contribution in [0.5, 0.6) is 0 Å². The molecule has 170 valence electrons. The minimum Gasteiger partial charge on any atom is -0.308 e. The first-order chi connectivity index (χ1) is 16.6. The van der Waals surface area contributed by atoms with Crippen LogP contribution in [0.2, 0.25) is 0 Å². The fraction of sp³-hybridized carbons (Fsp3) is 0.0417. The van der Waals surface area contributed by atoms with Crippen LogP contribution in [-0.2, 0) is 0 Å². The summed E-state index contributed by atoms with van der Waals surface area (Å²) in [4.78, 5) is 24.9. The van der Waals surface area contributed by atoms with Crippen molar-refractivity contribution in [2.75, 3.05) is 21.3 Å². The number of rotatable bonds is 6. The molecule has 0 aliphatic heterocycles. The van der Waals surface area contributed by atoms with E-state index in [4.69, 9.17) is 0 Å². The molecule has 0 aliphatic carbocycles. The molecule has 5 N–H and O–H groups in total. The second kappa shape index (κ2) is 10.6. The number of aromatic amines is 1. The van der Waals surface area contributed by atoms with Crippen molar-refractivity contribution < 1.29 is 9.59 Å². The average Bonchev–Trinajstić information content (AvgIpc) is 3.20. The number of hydrogen-bond donors (Lipinski definition) is 5. The monoisotopic (exact) mass is 454 g/mol. The van der Waals surface area contributed by atoms with Crippen LogP contribution < -0.4 is 21.3 Å². The topological polar surface area (TPSA) is 136 Å². The summed E-state index contributed by atoms with van der Waals surface area (Å²) in [5, 5.41) is 25.9. The molecule has 1 aromatic heterocycles. The first kappa shape index (κ1) is 22.2. The van der Waals surface area contributed by atoms with Gasteiger partial charge in [-0.3, -0.25) is 15.7 Å². The Morgan fingerprint density at radius 2 is 1.26 bits per heavy atom. The predicted molar refractivity (Wildman–Crippen MR) is 132 cm³/mol. The summed E-state index contributed by atoms with van der Waals surface area (Å²) in [6.07, 6.45) is 0. The molecule has 0 saturated carbocycles. The minimum atomic E-state index is -0.523. The molecule has 0 radical (unpaired) electrons. The van der Waals surface area contributed by atoms with Crippen LogP contribution in [0.1, 0.15) is 5.56 Å². The van der Waals surface area contributed by atoms with Crippen molar-refractivity contribution in [3.63, 3.8) is 0 Å². The Bertz CT molecular complexity index is 1210. The van der Waals surface area contributed by atoms with Crippen LogP contribution in [0, 0.1) is 6.92 Å². The third kappa shape index (κ3) is 6.04. The van der Waals surface area contributed by atoms with Crippen molar-refractivity contribution in [2.45, 2.75) is 6.92 Å². The van der Waals surface area contributed by atoms with E-state index in [0.29, 0.717) is 17.1 Å². The first-order valence-electron chi connectivity index (χ1n) is 10.4. The van der Waals surface area contributed by atoms with Gasteiger partial charge in [0.1, 0.15) is 0 Å². The largest absolute Gasteiger partial charge is 0.324 e. The van der Waals surface area contributed by atoms with Crippen LogP contribution in [0.3, 0.4) is 0 Å². The van der Waals surface area contributed by atoms with Gasteiger partial charge in [-0.05, 0) is 43.3 Å². The maximum atomic E-state index is 12.5. The van der Waals surface area contributed by atoms with Crippen molar-refractivity contribution in [1.82, 2.24) is 10.2 Å². The van der Waals surface area contributed by atoms with Gasteiger partial charge in [0.15, 0.2) is 17.3 Å². The summed E-state index contributed by atoms with van der Waals surface area (Å²) in [6.45, 7) is 1.97. The molecule has 0 fully saturated rings. The first-order valence-corrected chi connectivity index (χ1v) is 10.4. The summed E-state index contributed by atoms with van der Waals surface area (Å²) in [6, 6.07) is 24.3. The number of carbonyl (C=O) groups is 2. The molecule has 34 heavy (non-hydrogen) atoms. The van der Waals surface area contributed by atoms with E-state index in [9.17, 15) is 9.59 Å². The SMILES string of the molecule is Cc1ccc(N=Nc2c(NC(=O)Nc3ccccc3)n[nH]c2NC(=O)Nc2ccccc2)cc1. The molecule has 0 aliphatic rings. The van der Waals surface area contributed by atoms with Crippen molar-refractivity contribution in [1.29, 1.82) is 0 Å². The molecule has 0 saturated heterocycles. The van der Waals surface area contributed by atoms with Gasteiger partial charge in [0.2, 0.25) is 0 Å². The lowest BCUT2D eigenvalue weighted by Crippen LogP contribution is -2.20. The van der Waals surface area contributed by atoms with E-state index in [0.717, 1.165) is 5.56 Å². The van der Waals surface area contributed by atoms with Gasteiger partial charge in [-0.2, -0.15) is 10.2 Å². The van der Waals surface area contributed by atoms with Crippen molar-refractivity contribution in [3.05, 3.63) is 90.5 Å². The number of urea groups is 2. The highest BCUT2D eigenvalue weighted by Gasteiger charge is 2.18. The summed E-state index contributed by atoms with van der Waals surface area (Å²) in [7, 11) is 0. The number of para-hydroxylation sites is 2. The molecule has 0 bridgehead atoms. The highest BCUT2D eigenvalue weighted by molar-refractivity contribution is 6.04. The third-order valence-electron chi connectivity index (χ3n) is 4.57. The average molecular weight is 454 g/mol. The number of H-pyrrole nitrogens is 1. The maximum absolute atomic E-state index is 12.5. The van der Waals surface area contributed by atoms with E-state index in [-0.39, 0.29) is 17.3 Å². The van der Waals surface area contributed by atoms with E-state index in [1.807, 2.05) is 43.3 Å². The number of amides is 4. The second-order valence-electron chi connectivity index (χ2n) is 7.22. The number of aryl methyl sites for hydroxylation is 1. The second-order valence-corrected chi connectivity index (χ2v) is 7.22. The Balaban J connectivity index is 1.54. The molecular weight excluding hydrogens is 432 g/mol. The lowest BCUT2D eigenvalue weighted by molar-refractivity contribution is 0.261. The van der Waals surface area contributed by atoms with Gasteiger partial charge < -0.3 is 10.6 Å². The number of carbonyl (C=O) groups excluding carboxylic acids is 2. The standard InChI is InChI=1S/C24H22N8O2/c1-16-12-14-19(15-13-16)29-30-20-21(27-23(33)25-17-8-4-2-5-9-17)31-32-22(20)28-24(34)26-18-10-6-3-7-11-18/h2-15H,1H3,(H5,25,26,27,28,31,32,33,34). The fourth-order valence-electron chi connectivity index (χ4n) is 2.92. The van der Waals surface area contributed by atoms with E-state index in [1.54, 1.807) is 48.5 Å². The van der Waals surface area contributed by atoms with Gasteiger partial charge in [-0.1, -0.05) is 54.1 Å². The number of benzene rings is 3.